The van der Waals surface area contributed by atoms with Gasteiger partial charge in [0.05, 0.1) is 0 Å². The van der Waals surface area contributed by atoms with E-state index >= 15 is 0 Å². The third-order valence-corrected chi connectivity index (χ3v) is 3.27. The molecule has 3 rings (SSSR count). The van der Waals surface area contributed by atoms with Gasteiger partial charge in [0.15, 0.2) is 0 Å². The van der Waals surface area contributed by atoms with Crippen molar-refractivity contribution in [2.75, 3.05) is 11.9 Å². The first kappa shape index (κ1) is 20.7. The molecule has 4 heteroatoms. The third-order valence-electron chi connectivity index (χ3n) is 3.27. The number of fused-ring (bicyclic) bond motifs is 1. The summed E-state index contributed by atoms with van der Waals surface area (Å²) in [5.74, 6) is 0.643. The number of benzene rings is 1. The maximum absolute atomic E-state index is 13.2. The van der Waals surface area contributed by atoms with E-state index in [1.165, 1.54) is 18.6 Å². The van der Waals surface area contributed by atoms with E-state index in [0.29, 0.717) is 0 Å². The second kappa shape index (κ2) is 11.2. The van der Waals surface area contributed by atoms with E-state index in [4.69, 9.17) is 0 Å². The van der Waals surface area contributed by atoms with Gasteiger partial charge in [-0.15, -0.1) is 0 Å². The molecule has 1 aromatic carbocycles. The molecule has 2 heterocycles. The van der Waals surface area contributed by atoms with E-state index in [1.807, 2.05) is 38.4 Å². The van der Waals surface area contributed by atoms with E-state index < -0.39 is 0 Å². The van der Waals surface area contributed by atoms with Crippen LogP contribution in [0.15, 0.2) is 42.7 Å². The fourth-order valence-corrected chi connectivity index (χ4v) is 2.25. The highest BCUT2D eigenvalue weighted by atomic mass is 19.1. The SMILES string of the molecule is CC.CCC.CCCNc1ccc(-c2c[nH]c3cc(F)ccc23)cn1. The van der Waals surface area contributed by atoms with Crippen molar-refractivity contribution in [1.82, 2.24) is 9.97 Å². The lowest BCUT2D eigenvalue weighted by atomic mass is 10.1. The average molecular weight is 343 g/mol. The first-order chi connectivity index (χ1) is 12.2. The molecule has 0 aliphatic heterocycles. The number of hydrogen-bond acceptors (Lipinski definition) is 2. The van der Waals surface area contributed by atoms with Crippen LogP contribution in [0.2, 0.25) is 0 Å². The van der Waals surface area contributed by atoms with Crippen LogP contribution in [0.4, 0.5) is 10.2 Å². The molecule has 0 spiro atoms. The Labute approximate surface area is 150 Å². The van der Waals surface area contributed by atoms with Crippen LogP contribution in [0.5, 0.6) is 0 Å². The minimum absolute atomic E-state index is 0.233. The number of rotatable bonds is 4. The maximum atomic E-state index is 13.2. The van der Waals surface area contributed by atoms with Gasteiger partial charge in [0.25, 0.3) is 0 Å². The molecule has 0 aliphatic rings. The summed E-state index contributed by atoms with van der Waals surface area (Å²) in [6, 6.07) is 8.76. The summed E-state index contributed by atoms with van der Waals surface area (Å²) in [7, 11) is 0. The fourth-order valence-electron chi connectivity index (χ4n) is 2.25. The van der Waals surface area contributed by atoms with Crippen molar-refractivity contribution in [3.8, 4) is 11.1 Å². The Kier molecular flexibility index (Phi) is 9.30. The van der Waals surface area contributed by atoms with Gasteiger partial charge in [0.2, 0.25) is 0 Å². The number of aromatic amines is 1. The van der Waals surface area contributed by atoms with Crippen LogP contribution < -0.4 is 5.32 Å². The highest BCUT2D eigenvalue weighted by molar-refractivity contribution is 5.95. The molecule has 0 bridgehead atoms. The first-order valence-corrected chi connectivity index (χ1v) is 9.16. The zero-order valence-electron chi connectivity index (χ0n) is 16.0. The number of hydrogen-bond donors (Lipinski definition) is 2. The van der Waals surface area contributed by atoms with E-state index in [9.17, 15) is 4.39 Å². The Morgan fingerprint density at radius 1 is 1.08 bits per heavy atom. The van der Waals surface area contributed by atoms with Gasteiger partial charge in [0.1, 0.15) is 11.6 Å². The molecule has 0 fully saturated rings. The number of aromatic nitrogens is 2. The highest BCUT2D eigenvalue weighted by Crippen LogP contribution is 2.28. The fraction of sp³-hybridized carbons (Fsp3) is 0.381. The summed E-state index contributed by atoms with van der Waals surface area (Å²) in [6.07, 6.45) is 6.04. The van der Waals surface area contributed by atoms with Gasteiger partial charge in [0, 0.05) is 41.0 Å². The Morgan fingerprint density at radius 3 is 2.40 bits per heavy atom. The number of nitrogens with zero attached hydrogens (tertiary/aromatic N) is 1. The Hall–Kier alpha value is -2.36. The lowest BCUT2D eigenvalue weighted by molar-refractivity contribution is 0.629. The van der Waals surface area contributed by atoms with Crippen molar-refractivity contribution < 1.29 is 4.39 Å². The van der Waals surface area contributed by atoms with Gasteiger partial charge in [-0.2, -0.15) is 0 Å². The molecule has 136 valence electrons. The number of pyridine rings is 1. The normalized spacial score (nSPS) is 9.68. The van der Waals surface area contributed by atoms with Crippen LogP contribution in [0, 0.1) is 5.82 Å². The highest BCUT2D eigenvalue weighted by Gasteiger charge is 2.07. The van der Waals surface area contributed by atoms with Gasteiger partial charge in [-0.3, -0.25) is 0 Å². The number of nitrogens with one attached hydrogen (secondary N) is 2. The standard InChI is InChI=1S/C16H16FN3.C3H8.C2H6/c1-2-7-18-16-6-3-11(9-20-16)14-10-19-15-8-12(17)4-5-13(14)15;1-3-2;1-2/h3-6,8-10,19H,2,7H2,1H3,(H,18,20);3H2,1-2H3;1-2H3. The molecule has 0 unspecified atom stereocenters. The molecule has 0 radical (unpaired) electrons. The Morgan fingerprint density at radius 2 is 1.80 bits per heavy atom. The van der Waals surface area contributed by atoms with Crippen molar-refractivity contribution in [2.45, 2.75) is 47.5 Å². The second-order valence-electron chi connectivity index (χ2n) is 5.46. The van der Waals surface area contributed by atoms with Crippen LogP contribution in [0.3, 0.4) is 0 Å². The monoisotopic (exact) mass is 343 g/mol. The van der Waals surface area contributed by atoms with Crippen LogP contribution in [-0.4, -0.2) is 16.5 Å². The molecule has 0 saturated heterocycles. The zero-order valence-corrected chi connectivity index (χ0v) is 16.0. The molecular weight excluding hydrogens is 313 g/mol. The topological polar surface area (TPSA) is 40.7 Å². The average Bonchev–Trinajstić information content (AvgIpc) is 3.06. The maximum Gasteiger partial charge on any atom is 0.125 e. The summed E-state index contributed by atoms with van der Waals surface area (Å²) in [4.78, 5) is 7.49. The largest absolute Gasteiger partial charge is 0.370 e. The molecule has 3 nitrogen and oxygen atoms in total. The zero-order chi connectivity index (χ0) is 18.7. The van der Waals surface area contributed by atoms with Crippen molar-refractivity contribution in [2.24, 2.45) is 0 Å². The number of anilines is 1. The molecule has 0 aliphatic carbocycles. The number of H-pyrrole nitrogens is 1. The summed E-state index contributed by atoms with van der Waals surface area (Å²) in [6.45, 7) is 11.3. The lowest BCUT2D eigenvalue weighted by Gasteiger charge is -2.04. The third kappa shape index (κ3) is 5.89. The van der Waals surface area contributed by atoms with Gasteiger partial charge in [-0.05, 0) is 36.8 Å². The summed E-state index contributed by atoms with van der Waals surface area (Å²) in [5, 5.41) is 4.25. The van der Waals surface area contributed by atoms with Crippen molar-refractivity contribution in [3.05, 3.63) is 48.5 Å². The molecular formula is C21H30FN3. The molecule has 2 N–H and O–H groups in total. The van der Waals surface area contributed by atoms with E-state index in [0.717, 1.165) is 40.8 Å². The van der Waals surface area contributed by atoms with Crippen LogP contribution >= 0.6 is 0 Å². The van der Waals surface area contributed by atoms with Crippen molar-refractivity contribution in [1.29, 1.82) is 0 Å². The first-order valence-electron chi connectivity index (χ1n) is 9.16. The summed E-state index contributed by atoms with van der Waals surface area (Å²) >= 11 is 0. The van der Waals surface area contributed by atoms with Crippen LogP contribution in [0.25, 0.3) is 22.0 Å². The Bertz CT molecular complexity index is 732. The summed E-state index contributed by atoms with van der Waals surface area (Å²) < 4.78 is 13.2. The van der Waals surface area contributed by atoms with Crippen LogP contribution in [-0.2, 0) is 0 Å². The quantitative estimate of drug-likeness (QED) is 0.558. The number of halogens is 1. The van der Waals surface area contributed by atoms with Crippen LogP contribution in [0.1, 0.15) is 47.5 Å². The molecule has 0 saturated carbocycles. The van der Waals surface area contributed by atoms with Gasteiger partial charge in [-0.25, -0.2) is 9.37 Å². The lowest BCUT2D eigenvalue weighted by Crippen LogP contribution is -2.01. The van der Waals surface area contributed by atoms with Gasteiger partial charge in [-0.1, -0.05) is 41.0 Å². The molecule has 3 aromatic rings. The van der Waals surface area contributed by atoms with Crippen molar-refractivity contribution >= 4 is 16.7 Å². The summed E-state index contributed by atoms with van der Waals surface area (Å²) in [5.41, 5.74) is 2.85. The smallest absolute Gasteiger partial charge is 0.125 e. The molecule has 25 heavy (non-hydrogen) atoms. The predicted octanol–water partition coefficient (Wildman–Crippen LogP) is 6.63. The van der Waals surface area contributed by atoms with E-state index in [1.54, 1.807) is 6.07 Å². The van der Waals surface area contributed by atoms with Gasteiger partial charge >= 0.3 is 0 Å². The van der Waals surface area contributed by atoms with Crippen molar-refractivity contribution in [3.63, 3.8) is 0 Å². The predicted molar refractivity (Wildman–Crippen MR) is 108 cm³/mol. The van der Waals surface area contributed by atoms with E-state index in [-0.39, 0.29) is 5.82 Å². The molecule has 0 amide bonds. The Balaban J connectivity index is 0.000000567. The molecule has 0 atom stereocenters. The van der Waals surface area contributed by atoms with Gasteiger partial charge < -0.3 is 10.3 Å². The minimum atomic E-state index is -0.233. The van der Waals surface area contributed by atoms with E-state index in [2.05, 4.69) is 36.1 Å². The molecule has 2 aromatic heterocycles. The minimum Gasteiger partial charge on any atom is -0.370 e. The second-order valence-corrected chi connectivity index (χ2v) is 5.46.